The summed E-state index contributed by atoms with van der Waals surface area (Å²) < 4.78 is 2.77. The Morgan fingerprint density at radius 1 is 1.53 bits per heavy atom. The molecule has 2 aromatic heterocycles. The van der Waals surface area contributed by atoms with Crippen LogP contribution in [0.2, 0.25) is 0 Å². The van der Waals surface area contributed by atoms with Crippen LogP contribution in [0.3, 0.4) is 0 Å². The Hall–Kier alpha value is -1.14. The van der Waals surface area contributed by atoms with Crippen molar-refractivity contribution < 1.29 is 0 Å². The van der Waals surface area contributed by atoms with Gasteiger partial charge in [-0.15, -0.1) is 5.10 Å². The lowest BCUT2D eigenvalue weighted by molar-refractivity contribution is 0.602. The summed E-state index contributed by atoms with van der Waals surface area (Å²) >= 11 is 3.48. The first-order valence-corrected chi connectivity index (χ1v) is 6.53. The van der Waals surface area contributed by atoms with Crippen molar-refractivity contribution in [2.24, 2.45) is 11.7 Å². The summed E-state index contributed by atoms with van der Waals surface area (Å²) in [5.41, 5.74) is 6.55. The Balaban J connectivity index is 1.94. The maximum absolute atomic E-state index is 5.69. The van der Waals surface area contributed by atoms with Crippen molar-refractivity contribution >= 4 is 27.5 Å². The number of aromatic nitrogens is 3. The van der Waals surface area contributed by atoms with Crippen LogP contribution in [-0.2, 0) is 0 Å². The zero-order valence-corrected chi connectivity index (χ0v) is 11.0. The summed E-state index contributed by atoms with van der Waals surface area (Å²) in [5.74, 6) is 1.37. The standard InChI is InChI=1S/C11H14BrN5/c12-9-2-1-4-17-10(9)14-11(15-17)16-5-3-8(6-13)7-16/h1-2,4,8H,3,5-7,13H2. The molecule has 6 heteroatoms. The molecule has 1 saturated heterocycles. The Morgan fingerprint density at radius 3 is 3.12 bits per heavy atom. The zero-order chi connectivity index (χ0) is 11.8. The van der Waals surface area contributed by atoms with Gasteiger partial charge in [-0.2, -0.15) is 4.98 Å². The van der Waals surface area contributed by atoms with Crippen LogP contribution in [0.25, 0.3) is 5.65 Å². The fraction of sp³-hybridized carbons (Fsp3) is 0.455. The molecule has 3 rings (SSSR count). The molecule has 5 nitrogen and oxygen atoms in total. The first-order chi connectivity index (χ1) is 8.28. The summed E-state index contributed by atoms with van der Waals surface area (Å²) in [6.45, 7) is 2.70. The van der Waals surface area contributed by atoms with Crippen LogP contribution < -0.4 is 10.6 Å². The molecule has 1 atom stereocenters. The van der Waals surface area contributed by atoms with Gasteiger partial charge in [0.15, 0.2) is 5.65 Å². The molecule has 0 bridgehead atoms. The lowest BCUT2D eigenvalue weighted by Gasteiger charge is -2.12. The highest BCUT2D eigenvalue weighted by atomic mass is 79.9. The number of halogens is 1. The molecule has 17 heavy (non-hydrogen) atoms. The molecule has 0 aromatic carbocycles. The summed E-state index contributed by atoms with van der Waals surface area (Å²) in [6.07, 6.45) is 3.04. The van der Waals surface area contributed by atoms with E-state index in [1.807, 2.05) is 18.3 Å². The van der Waals surface area contributed by atoms with E-state index in [1.54, 1.807) is 4.52 Å². The second-order valence-electron chi connectivity index (χ2n) is 4.37. The maximum Gasteiger partial charge on any atom is 0.245 e. The summed E-state index contributed by atoms with van der Waals surface area (Å²) in [4.78, 5) is 6.76. The summed E-state index contributed by atoms with van der Waals surface area (Å²) in [5, 5.41) is 4.48. The van der Waals surface area contributed by atoms with E-state index in [2.05, 4.69) is 30.9 Å². The molecule has 0 aliphatic carbocycles. The highest BCUT2D eigenvalue weighted by Gasteiger charge is 2.24. The Morgan fingerprint density at radius 2 is 2.41 bits per heavy atom. The van der Waals surface area contributed by atoms with E-state index in [9.17, 15) is 0 Å². The first-order valence-electron chi connectivity index (χ1n) is 5.74. The quantitative estimate of drug-likeness (QED) is 0.907. The van der Waals surface area contributed by atoms with Gasteiger partial charge in [0.1, 0.15) is 0 Å². The maximum atomic E-state index is 5.69. The van der Waals surface area contributed by atoms with Gasteiger partial charge in [-0.1, -0.05) is 0 Å². The monoisotopic (exact) mass is 295 g/mol. The fourth-order valence-corrected chi connectivity index (χ4v) is 2.63. The molecule has 2 aromatic rings. The van der Waals surface area contributed by atoms with Crippen LogP contribution in [0.15, 0.2) is 22.8 Å². The molecule has 3 heterocycles. The van der Waals surface area contributed by atoms with Crippen LogP contribution in [-0.4, -0.2) is 34.2 Å². The molecule has 0 spiro atoms. The predicted molar refractivity (Wildman–Crippen MR) is 70.1 cm³/mol. The van der Waals surface area contributed by atoms with Crippen molar-refractivity contribution in [2.75, 3.05) is 24.5 Å². The first kappa shape index (κ1) is 11.0. The number of hydrogen-bond acceptors (Lipinski definition) is 4. The topological polar surface area (TPSA) is 59.5 Å². The summed E-state index contributed by atoms with van der Waals surface area (Å²) in [6, 6.07) is 3.92. The highest BCUT2D eigenvalue weighted by Crippen LogP contribution is 2.23. The van der Waals surface area contributed by atoms with Gasteiger partial charge < -0.3 is 10.6 Å². The van der Waals surface area contributed by atoms with Crippen molar-refractivity contribution in [2.45, 2.75) is 6.42 Å². The number of nitrogens with two attached hydrogens (primary N) is 1. The van der Waals surface area contributed by atoms with Crippen LogP contribution in [0, 0.1) is 5.92 Å². The molecular weight excluding hydrogens is 282 g/mol. The molecule has 0 saturated carbocycles. The Kier molecular flexibility index (Phi) is 2.76. The number of pyridine rings is 1. The number of nitrogens with zero attached hydrogens (tertiary/aromatic N) is 4. The highest BCUT2D eigenvalue weighted by molar-refractivity contribution is 9.10. The molecule has 90 valence electrons. The van der Waals surface area contributed by atoms with Gasteiger partial charge >= 0.3 is 0 Å². The average Bonchev–Trinajstić information content (AvgIpc) is 2.95. The molecule has 1 fully saturated rings. The van der Waals surface area contributed by atoms with Gasteiger partial charge in [0.05, 0.1) is 4.47 Å². The lowest BCUT2D eigenvalue weighted by atomic mass is 10.1. The van der Waals surface area contributed by atoms with E-state index in [-0.39, 0.29) is 0 Å². The third kappa shape index (κ3) is 1.91. The van der Waals surface area contributed by atoms with E-state index in [4.69, 9.17) is 5.73 Å². The minimum absolute atomic E-state index is 0.574. The molecule has 1 unspecified atom stereocenters. The van der Waals surface area contributed by atoms with E-state index in [1.165, 1.54) is 0 Å². The van der Waals surface area contributed by atoms with Crippen LogP contribution in [0.4, 0.5) is 5.95 Å². The normalized spacial score (nSPS) is 20.4. The Bertz CT molecular complexity index is 538. The molecular formula is C11H14BrN5. The lowest BCUT2D eigenvalue weighted by Crippen LogP contribution is -2.23. The number of hydrogen-bond donors (Lipinski definition) is 1. The molecule has 0 radical (unpaired) electrons. The van der Waals surface area contributed by atoms with Gasteiger partial charge in [0.2, 0.25) is 5.95 Å². The van der Waals surface area contributed by atoms with E-state index in [0.29, 0.717) is 5.92 Å². The molecule has 0 amide bonds. The van der Waals surface area contributed by atoms with Crippen LogP contribution in [0.5, 0.6) is 0 Å². The van der Waals surface area contributed by atoms with Gasteiger partial charge in [-0.3, -0.25) is 0 Å². The fourth-order valence-electron chi connectivity index (χ4n) is 2.20. The van der Waals surface area contributed by atoms with Crippen LogP contribution in [0.1, 0.15) is 6.42 Å². The third-order valence-corrected chi connectivity index (χ3v) is 3.82. The second kappa shape index (κ2) is 4.27. The van der Waals surface area contributed by atoms with Crippen molar-refractivity contribution in [3.8, 4) is 0 Å². The van der Waals surface area contributed by atoms with E-state index in [0.717, 1.165) is 42.1 Å². The van der Waals surface area contributed by atoms with Gasteiger partial charge in [-0.05, 0) is 46.9 Å². The van der Waals surface area contributed by atoms with Crippen LogP contribution >= 0.6 is 15.9 Å². The van der Waals surface area contributed by atoms with Crippen molar-refractivity contribution in [3.63, 3.8) is 0 Å². The average molecular weight is 296 g/mol. The predicted octanol–water partition coefficient (Wildman–Crippen LogP) is 1.28. The minimum atomic E-state index is 0.574. The number of fused-ring (bicyclic) bond motifs is 1. The van der Waals surface area contributed by atoms with E-state index >= 15 is 0 Å². The van der Waals surface area contributed by atoms with Crippen molar-refractivity contribution in [3.05, 3.63) is 22.8 Å². The summed E-state index contributed by atoms with van der Waals surface area (Å²) in [7, 11) is 0. The second-order valence-corrected chi connectivity index (χ2v) is 5.23. The SMILES string of the molecule is NCC1CCN(c2nc3c(Br)cccn3n2)C1. The van der Waals surface area contributed by atoms with Crippen molar-refractivity contribution in [1.82, 2.24) is 14.6 Å². The minimum Gasteiger partial charge on any atom is -0.339 e. The Labute approximate surface area is 108 Å². The molecule has 1 aliphatic heterocycles. The number of rotatable bonds is 2. The van der Waals surface area contributed by atoms with Gasteiger partial charge in [0, 0.05) is 19.3 Å². The van der Waals surface area contributed by atoms with Gasteiger partial charge in [0.25, 0.3) is 0 Å². The third-order valence-electron chi connectivity index (χ3n) is 3.21. The van der Waals surface area contributed by atoms with Gasteiger partial charge in [-0.25, -0.2) is 4.52 Å². The zero-order valence-electron chi connectivity index (χ0n) is 9.38. The number of anilines is 1. The smallest absolute Gasteiger partial charge is 0.245 e. The van der Waals surface area contributed by atoms with E-state index < -0.39 is 0 Å². The molecule has 1 aliphatic rings. The molecule has 2 N–H and O–H groups in total. The largest absolute Gasteiger partial charge is 0.339 e. The van der Waals surface area contributed by atoms with Crippen molar-refractivity contribution in [1.29, 1.82) is 0 Å².